The molecule has 1 aromatic rings. The van der Waals surface area contributed by atoms with Crippen molar-refractivity contribution in [3.8, 4) is 0 Å². The second-order valence-corrected chi connectivity index (χ2v) is 5.37. The number of anilines is 1. The van der Waals surface area contributed by atoms with Gasteiger partial charge in [0.05, 0.1) is 11.4 Å². The topological polar surface area (TPSA) is 53.4 Å². The third-order valence-electron chi connectivity index (χ3n) is 2.87. The molecule has 1 aromatic heterocycles. The van der Waals surface area contributed by atoms with Crippen LogP contribution in [0.4, 0.5) is 5.69 Å². The monoisotopic (exact) mass is 252 g/mol. The first-order valence-corrected chi connectivity index (χ1v) is 6.79. The summed E-state index contributed by atoms with van der Waals surface area (Å²) in [5, 5.41) is 9.30. The molecular weight excluding hydrogens is 236 g/mol. The number of rotatable bonds is 2. The van der Waals surface area contributed by atoms with E-state index < -0.39 is 5.97 Å². The Morgan fingerprint density at radius 1 is 1.41 bits per heavy atom. The van der Waals surface area contributed by atoms with Gasteiger partial charge in [0.25, 0.3) is 0 Å². The second kappa shape index (κ2) is 4.96. The number of carboxylic acid groups (broad SMARTS) is 1. The number of aryl methyl sites for hydroxylation is 2. The molecule has 1 saturated heterocycles. The van der Waals surface area contributed by atoms with Gasteiger partial charge in [-0.2, -0.15) is 11.8 Å². The molecule has 0 aliphatic carbocycles. The van der Waals surface area contributed by atoms with Crippen molar-refractivity contribution in [3.05, 3.63) is 23.0 Å². The SMILES string of the molecule is Cc1cc(N2CCSCC2)c(C(=O)O)c(C)n1. The zero-order valence-corrected chi connectivity index (χ0v) is 10.9. The van der Waals surface area contributed by atoms with E-state index >= 15 is 0 Å². The minimum atomic E-state index is -0.886. The number of pyridine rings is 1. The largest absolute Gasteiger partial charge is 0.478 e. The Labute approximate surface area is 105 Å². The summed E-state index contributed by atoms with van der Waals surface area (Å²) in [5.41, 5.74) is 2.65. The molecule has 0 saturated carbocycles. The zero-order chi connectivity index (χ0) is 12.4. The van der Waals surface area contributed by atoms with E-state index in [0.29, 0.717) is 11.3 Å². The maximum Gasteiger partial charge on any atom is 0.339 e. The molecule has 0 bridgehead atoms. The highest BCUT2D eigenvalue weighted by atomic mass is 32.2. The summed E-state index contributed by atoms with van der Waals surface area (Å²) >= 11 is 1.91. The van der Waals surface area contributed by atoms with Crippen molar-refractivity contribution in [2.75, 3.05) is 29.5 Å². The van der Waals surface area contributed by atoms with Crippen LogP contribution in [0.3, 0.4) is 0 Å². The predicted octanol–water partition coefficient (Wildman–Crippen LogP) is 1.95. The maximum atomic E-state index is 11.3. The van der Waals surface area contributed by atoms with E-state index in [1.807, 2.05) is 24.8 Å². The van der Waals surface area contributed by atoms with Crippen molar-refractivity contribution < 1.29 is 9.90 Å². The van der Waals surface area contributed by atoms with Crippen LogP contribution in [-0.2, 0) is 0 Å². The number of carbonyl (C=O) groups is 1. The minimum Gasteiger partial charge on any atom is -0.478 e. The van der Waals surface area contributed by atoms with Gasteiger partial charge in [0.15, 0.2) is 0 Å². The Morgan fingerprint density at radius 3 is 2.65 bits per heavy atom. The van der Waals surface area contributed by atoms with Crippen molar-refractivity contribution in [3.63, 3.8) is 0 Å². The number of hydrogen-bond acceptors (Lipinski definition) is 4. The Morgan fingerprint density at radius 2 is 2.06 bits per heavy atom. The van der Waals surface area contributed by atoms with Gasteiger partial charge >= 0.3 is 5.97 Å². The molecule has 92 valence electrons. The lowest BCUT2D eigenvalue weighted by Gasteiger charge is -2.30. The van der Waals surface area contributed by atoms with E-state index in [1.165, 1.54) is 0 Å². The fourth-order valence-electron chi connectivity index (χ4n) is 2.13. The van der Waals surface area contributed by atoms with Crippen molar-refractivity contribution in [2.45, 2.75) is 13.8 Å². The van der Waals surface area contributed by atoms with Gasteiger partial charge in [0, 0.05) is 30.3 Å². The van der Waals surface area contributed by atoms with Crippen LogP contribution in [0.2, 0.25) is 0 Å². The normalized spacial score (nSPS) is 16.0. The van der Waals surface area contributed by atoms with Crippen LogP contribution in [0.1, 0.15) is 21.7 Å². The average molecular weight is 252 g/mol. The van der Waals surface area contributed by atoms with Crippen LogP contribution in [0.15, 0.2) is 6.07 Å². The van der Waals surface area contributed by atoms with Gasteiger partial charge in [-0.3, -0.25) is 4.98 Å². The molecule has 0 amide bonds. The first-order chi connectivity index (χ1) is 8.09. The van der Waals surface area contributed by atoms with Gasteiger partial charge in [-0.15, -0.1) is 0 Å². The van der Waals surface area contributed by atoms with Crippen molar-refractivity contribution in [1.29, 1.82) is 0 Å². The van der Waals surface area contributed by atoms with Crippen molar-refractivity contribution >= 4 is 23.4 Å². The molecule has 0 spiro atoms. The van der Waals surface area contributed by atoms with Gasteiger partial charge in [-0.25, -0.2) is 4.79 Å². The van der Waals surface area contributed by atoms with Gasteiger partial charge < -0.3 is 10.0 Å². The number of carboxylic acids is 1. The number of aromatic carboxylic acids is 1. The van der Waals surface area contributed by atoms with Crippen LogP contribution in [0, 0.1) is 13.8 Å². The molecule has 17 heavy (non-hydrogen) atoms. The Kier molecular flexibility index (Phi) is 3.57. The van der Waals surface area contributed by atoms with Crippen molar-refractivity contribution in [1.82, 2.24) is 4.98 Å². The van der Waals surface area contributed by atoms with Crippen LogP contribution in [-0.4, -0.2) is 40.7 Å². The summed E-state index contributed by atoms with van der Waals surface area (Å²) < 4.78 is 0. The summed E-state index contributed by atoms with van der Waals surface area (Å²) in [6.07, 6.45) is 0. The highest BCUT2D eigenvalue weighted by Crippen LogP contribution is 2.26. The number of thioether (sulfide) groups is 1. The fourth-order valence-corrected chi connectivity index (χ4v) is 3.03. The van der Waals surface area contributed by atoms with Gasteiger partial charge in [-0.05, 0) is 19.9 Å². The minimum absolute atomic E-state index is 0.350. The Hall–Kier alpha value is -1.23. The lowest BCUT2D eigenvalue weighted by atomic mass is 10.1. The summed E-state index contributed by atoms with van der Waals surface area (Å²) in [6, 6.07) is 1.88. The van der Waals surface area contributed by atoms with E-state index in [4.69, 9.17) is 0 Å². The van der Waals surface area contributed by atoms with Crippen LogP contribution >= 0.6 is 11.8 Å². The summed E-state index contributed by atoms with van der Waals surface area (Å²) in [5.74, 6) is 1.22. The molecule has 1 N–H and O–H groups in total. The number of aromatic nitrogens is 1. The van der Waals surface area contributed by atoms with E-state index in [-0.39, 0.29) is 0 Å². The zero-order valence-electron chi connectivity index (χ0n) is 10.1. The first kappa shape index (κ1) is 12.2. The molecule has 4 nitrogen and oxygen atoms in total. The summed E-state index contributed by atoms with van der Waals surface area (Å²) in [4.78, 5) is 17.7. The smallest absolute Gasteiger partial charge is 0.339 e. The molecule has 2 heterocycles. The standard InChI is InChI=1S/C12H16N2O2S/c1-8-7-10(14-3-5-17-6-4-14)11(12(15)16)9(2)13-8/h7H,3-6H2,1-2H3,(H,15,16). The van der Waals surface area contributed by atoms with Crippen LogP contribution in [0.25, 0.3) is 0 Å². The molecular formula is C12H16N2O2S. The number of hydrogen-bond donors (Lipinski definition) is 1. The predicted molar refractivity (Wildman–Crippen MR) is 70.2 cm³/mol. The summed E-state index contributed by atoms with van der Waals surface area (Å²) in [6.45, 7) is 5.49. The average Bonchev–Trinajstić information content (AvgIpc) is 2.28. The van der Waals surface area contributed by atoms with E-state index in [0.717, 1.165) is 36.0 Å². The highest BCUT2D eigenvalue weighted by Gasteiger charge is 2.21. The second-order valence-electron chi connectivity index (χ2n) is 4.15. The van der Waals surface area contributed by atoms with E-state index in [9.17, 15) is 9.90 Å². The van der Waals surface area contributed by atoms with Gasteiger partial charge in [-0.1, -0.05) is 0 Å². The molecule has 0 radical (unpaired) electrons. The highest BCUT2D eigenvalue weighted by molar-refractivity contribution is 7.99. The molecule has 0 unspecified atom stereocenters. The van der Waals surface area contributed by atoms with Crippen LogP contribution < -0.4 is 4.90 Å². The van der Waals surface area contributed by atoms with Gasteiger partial charge in [0.1, 0.15) is 5.56 Å². The molecule has 5 heteroatoms. The summed E-state index contributed by atoms with van der Waals surface area (Å²) in [7, 11) is 0. The molecule has 2 rings (SSSR count). The number of nitrogens with zero attached hydrogens (tertiary/aromatic N) is 2. The van der Waals surface area contributed by atoms with Gasteiger partial charge in [0.2, 0.25) is 0 Å². The lowest BCUT2D eigenvalue weighted by Crippen LogP contribution is -2.34. The third kappa shape index (κ3) is 2.54. The molecule has 1 aliphatic heterocycles. The quantitative estimate of drug-likeness (QED) is 0.872. The van der Waals surface area contributed by atoms with Crippen molar-refractivity contribution in [2.24, 2.45) is 0 Å². The Bertz CT molecular complexity index is 442. The first-order valence-electron chi connectivity index (χ1n) is 5.64. The molecule has 0 aromatic carbocycles. The fraction of sp³-hybridized carbons (Fsp3) is 0.500. The third-order valence-corrected chi connectivity index (χ3v) is 3.82. The lowest BCUT2D eigenvalue weighted by molar-refractivity contribution is 0.0696. The Balaban J connectivity index is 2.46. The van der Waals surface area contributed by atoms with E-state index in [1.54, 1.807) is 6.92 Å². The van der Waals surface area contributed by atoms with Crippen LogP contribution in [0.5, 0.6) is 0 Å². The molecule has 0 atom stereocenters. The molecule has 1 aliphatic rings. The molecule has 1 fully saturated rings. The van der Waals surface area contributed by atoms with E-state index in [2.05, 4.69) is 9.88 Å². The maximum absolute atomic E-state index is 11.3.